The van der Waals surface area contributed by atoms with Crippen LogP contribution in [0.5, 0.6) is 11.5 Å². The van der Waals surface area contributed by atoms with Crippen molar-refractivity contribution in [2.75, 3.05) is 32.6 Å². The van der Waals surface area contributed by atoms with E-state index < -0.39 is 0 Å². The van der Waals surface area contributed by atoms with Crippen LogP contribution >= 0.6 is 24.0 Å². The summed E-state index contributed by atoms with van der Waals surface area (Å²) >= 11 is 6.05. The Morgan fingerprint density at radius 2 is 1.91 bits per heavy atom. The summed E-state index contributed by atoms with van der Waals surface area (Å²) in [5, 5.41) is 6.63. The van der Waals surface area contributed by atoms with Crippen LogP contribution in [0.25, 0.3) is 0 Å². The molecule has 0 atom stereocenters. The van der Waals surface area contributed by atoms with Crippen LogP contribution in [0.4, 0.5) is 5.69 Å². The minimum Gasteiger partial charge on any atom is -0.495 e. The number of hydrogen-bond donors (Lipinski definition) is 2. The molecule has 1 aromatic rings. The predicted molar refractivity (Wildman–Crippen MR) is 90.6 cm³/mol. The number of carbonyl (C=O) groups is 1. The standard InChI is InChI=1S/C15H21ClN2O3.ClH/c1-20-13-9-12(14(21-2)8-11(13)16)18-15(19)7-10-3-5-17-6-4-10;/h8-10,17H,3-7H2,1-2H3,(H,18,19);1H. The first-order valence-corrected chi connectivity index (χ1v) is 7.44. The van der Waals surface area contributed by atoms with Gasteiger partial charge in [-0.3, -0.25) is 4.79 Å². The molecule has 2 N–H and O–H groups in total. The van der Waals surface area contributed by atoms with Crippen molar-refractivity contribution in [1.29, 1.82) is 0 Å². The van der Waals surface area contributed by atoms with Gasteiger partial charge in [0, 0.05) is 18.6 Å². The summed E-state index contributed by atoms with van der Waals surface area (Å²) in [6.45, 7) is 1.96. The lowest BCUT2D eigenvalue weighted by Crippen LogP contribution is -2.30. The third-order valence-corrected chi connectivity index (χ3v) is 3.98. The van der Waals surface area contributed by atoms with Gasteiger partial charge < -0.3 is 20.1 Å². The Balaban J connectivity index is 0.00000242. The van der Waals surface area contributed by atoms with E-state index in [1.165, 1.54) is 7.11 Å². The third kappa shape index (κ3) is 4.93. The first-order chi connectivity index (χ1) is 10.1. The van der Waals surface area contributed by atoms with E-state index in [0.717, 1.165) is 25.9 Å². The first-order valence-electron chi connectivity index (χ1n) is 7.06. The number of anilines is 1. The Bertz CT molecular complexity index is 506. The number of carbonyl (C=O) groups excluding carboxylic acids is 1. The summed E-state index contributed by atoms with van der Waals surface area (Å²) in [5.74, 6) is 1.46. The van der Waals surface area contributed by atoms with Gasteiger partial charge in [0.25, 0.3) is 0 Å². The maximum absolute atomic E-state index is 12.2. The molecule has 0 aliphatic carbocycles. The highest BCUT2D eigenvalue weighted by molar-refractivity contribution is 6.32. The van der Waals surface area contributed by atoms with Crippen molar-refractivity contribution in [2.45, 2.75) is 19.3 Å². The van der Waals surface area contributed by atoms with Crippen molar-refractivity contribution in [3.63, 3.8) is 0 Å². The van der Waals surface area contributed by atoms with Crippen LogP contribution in [-0.4, -0.2) is 33.2 Å². The number of amides is 1. The van der Waals surface area contributed by atoms with Crippen molar-refractivity contribution < 1.29 is 14.3 Å². The molecule has 124 valence electrons. The Hall–Kier alpha value is -1.17. The van der Waals surface area contributed by atoms with Gasteiger partial charge in [-0.1, -0.05) is 11.6 Å². The molecule has 1 heterocycles. The summed E-state index contributed by atoms with van der Waals surface area (Å²) in [5.41, 5.74) is 0.581. The topological polar surface area (TPSA) is 59.6 Å². The number of piperidine rings is 1. The van der Waals surface area contributed by atoms with E-state index in [1.54, 1.807) is 19.2 Å². The van der Waals surface area contributed by atoms with Gasteiger partial charge in [-0.25, -0.2) is 0 Å². The molecule has 2 rings (SSSR count). The highest BCUT2D eigenvalue weighted by Gasteiger charge is 2.18. The minimum absolute atomic E-state index is 0. The number of benzene rings is 1. The van der Waals surface area contributed by atoms with Crippen molar-refractivity contribution >= 4 is 35.6 Å². The maximum atomic E-state index is 12.2. The Morgan fingerprint density at radius 3 is 2.50 bits per heavy atom. The summed E-state index contributed by atoms with van der Waals surface area (Å²) in [7, 11) is 3.08. The number of rotatable bonds is 5. The van der Waals surface area contributed by atoms with E-state index in [1.807, 2.05) is 0 Å². The van der Waals surface area contributed by atoms with Crippen LogP contribution in [0.2, 0.25) is 5.02 Å². The Morgan fingerprint density at radius 1 is 1.27 bits per heavy atom. The van der Waals surface area contributed by atoms with Gasteiger partial charge >= 0.3 is 0 Å². The highest BCUT2D eigenvalue weighted by Crippen LogP contribution is 2.36. The quantitative estimate of drug-likeness (QED) is 0.858. The van der Waals surface area contributed by atoms with Crippen LogP contribution in [0.1, 0.15) is 19.3 Å². The molecular weight excluding hydrogens is 327 g/mol. The molecule has 7 heteroatoms. The molecule has 1 saturated heterocycles. The van der Waals surface area contributed by atoms with Gasteiger partial charge in [-0.15, -0.1) is 12.4 Å². The van der Waals surface area contributed by atoms with Crippen LogP contribution in [0.3, 0.4) is 0 Å². The predicted octanol–water partition coefficient (Wildman–Crippen LogP) is 3.11. The molecule has 1 aliphatic heterocycles. The largest absolute Gasteiger partial charge is 0.495 e. The highest BCUT2D eigenvalue weighted by atomic mass is 35.5. The SMILES string of the molecule is COc1cc(NC(=O)CC2CCNCC2)c(OC)cc1Cl.Cl. The van der Waals surface area contributed by atoms with Crippen molar-refractivity contribution in [3.05, 3.63) is 17.2 Å². The third-order valence-electron chi connectivity index (χ3n) is 3.68. The van der Waals surface area contributed by atoms with E-state index in [-0.39, 0.29) is 18.3 Å². The number of nitrogens with one attached hydrogen (secondary N) is 2. The average Bonchev–Trinajstić information content (AvgIpc) is 2.49. The second-order valence-electron chi connectivity index (χ2n) is 5.13. The summed E-state index contributed by atoms with van der Waals surface area (Å²) < 4.78 is 10.4. The Kier molecular flexibility index (Phi) is 7.79. The van der Waals surface area contributed by atoms with Gasteiger partial charge in [-0.05, 0) is 31.8 Å². The monoisotopic (exact) mass is 348 g/mol. The normalized spacial score (nSPS) is 14.9. The fourth-order valence-electron chi connectivity index (χ4n) is 2.51. The number of ether oxygens (including phenoxy) is 2. The Labute approximate surface area is 142 Å². The number of halogens is 2. The second-order valence-corrected chi connectivity index (χ2v) is 5.54. The maximum Gasteiger partial charge on any atom is 0.224 e. The van der Waals surface area contributed by atoms with E-state index in [4.69, 9.17) is 21.1 Å². The second kappa shape index (κ2) is 9.08. The summed E-state index contributed by atoms with van der Waals surface area (Å²) in [6, 6.07) is 3.32. The average molecular weight is 349 g/mol. The molecule has 0 bridgehead atoms. The van der Waals surface area contributed by atoms with E-state index in [2.05, 4.69) is 10.6 Å². The zero-order chi connectivity index (χ0) is 15.2. The van der Waals surface area contributed by atoms with Crippen LogP contribution in [-0.2, 0) is 4.79 Å². The summed E-state index contributed by atoms with van der Waals surface area (Å²) in [4.78, 5) is 12.2. The lowest BCUT2D eigenvalue weighted by atomic mass is 9.94. The van der Waals surface area contributed by atoms with E-state index in [9.17, 15) is 4.79 Å². The van der Waals surface area contributed by atoms with Crippen LogP contribution in [0, 0.1) is 5.92 Å². The molecule has 0 radical (unpaired) electrons. The number of methoxy groups -OCH3 is 2. The van der Waals surface area contributed by atoms with Crippen LogP contribution in [0.15, 0.2) is 12.1 Å². The molecule has 0 unspecified atom stereocenters. The molecule has 0 saturated carbocycles. The first kappa shape index (κ1) is 18.9. The van der Waals surface area contributed by atoms with Crippen molar-refractivity contribution in [2.24, 2.45) is 5.92 Å². The molecule has 1 fully saturated rings. The van der Waals surface area contributed by atoms with Gasteiger partial charge in [0.15, 0.2) is 0 Å². The van der Waals surface area contributed by atoms with Gasteiger partial charge in [0.1, 0.15) is 11.5 Å². The molecule has 1 amide bonds. The molecule has 5 nitrogen and oxygen atoms in total. The van der Waals surface area contributed by atoms with Crippen molar-refractivity contribution in [1.82, 2.24) is 5.32 Å². The lowest BCUT2D eigenvalue weighted by molar-refractivity contribution is -0.117. The van der Waals surface area contributed by atoms with Crippen molar-refractivity contribution in [3.8, 4) is 11.5 Å². The zero-order valence-electron chi connectivity index (χ0n) is 12.8. The number of hydrogen-bond acceptors (Lipinski definition) is 4. The molecule has 1 aliphatic rings. The van der Waals surface area contributed by atoms with E-state index >= 15 is 0 Å². The molecule has 1 aromatic carbocycles. The lowest BCUT2D eigenvalue weighted by Gasteiger charge is -2.22. The smallest absolute Gasteiger partial charge is 0.224 e. The molecular formula is C15H22Cl2N2O3. The van der Waals surface area contributed by atoms with Crippen LogP contribution < -0.4 is 20.1 Å². The van der Waals surface area contributed by atoms with E-state index in [0.29, 0.717) is 34.5 Å². The molecule has 0 aromatic heterocycles. The zero-order valence-corrected chi connectivity index (χ0v) is 14.4. The summed E-state index contributed by atoms with van der Waals surface area (Å²) in [6.07, 6.45) is 2.60. The van der Waals surface area contributed by atoms with Gasteiger partial charge in [-0.2, -0.15) is 0 Å². The fourth-order valence-corrected chi connectivity index (χ4v) is 2.74. The van der Waals surface area contributed by atoms with Gasteiger partial charge in [0.05, 0.1) is 24.9 Å². The minimum atomic E-state index is -0.00965. The molecule has 22 heavy (non-hydrogen) atoms. The van der Waals surface area contributed by atoms with Gasteiger partial charge in [0.2, 0.25) is 5.91 Å². The molecule has 0 spiro atoms. The fraction of sp³-hybridized carbons (Fsp3) is 0.533.